The van der Waals surface area contributed by atoms with Gasteiger partial charge in [0.05, 0.1) is 21.5 Å². The van der Waals surface area contributed by atoms with E-state index in [1.807, 2.05) is 39.0 Å². The minimum Gasteiger partial charge on any atom is -0.367 e. The van der Waals surface area contributed by atoms with Crippen LogP contribution in [0.5, 0.6) is 0 Å². The second-order valence-electron chi connectivity index (χ2n) is 7.42. The summed E-state index contributed by atoms with van der Waals surface area (Å²) in [5, 5.41) is 4.51. The van der Waals surface area contributed by atoms with Crippen LogP contribution in [0.25, 0.3) is 20.8 Å². The van der Waals surface area contributed by atoms with Crippen LogP contribution in [0.1, 0.15) is 37.7 Å². The lowest BCUT2D eigenvalue weighted by Gasteiger charge is -2.19. The zero-order chi connectivity index (χ0) is 18.3. The third-order valence-corrected chi connectivity index (χ3v) is 6.17. The molecule has 1 fully saturated rings. The van der Waals surface area contributed by atoms with Gasteiger partial charge in [-0.15, -0.1) is 11.3 Å². The van der Waals surface area contributed by atoms with Gasteiger partial charge in [0, 0.05) is 11.5 Å². The quantitative estimate of drug-likeness (QED) is 0.687. The largest absolute Gasteiger partial charge is 0.367 e. The molecule has 2 atom stereocenters. The van der Waals surface area contributed by atoms with E-state index in [4.69, 9.17) is 4.98 Å². The molecular weight excluding hydrogens is 344 g/mol. The van der Waals surface area contributed by atoms with Crippen molar-refractivity contribution in [1.29, 1.82) is 0 Å². The first-order valence-electron chi connectivity index (χ1n) is 8.91. The first-order chi connectivity index (χ1) is 12.5. The summed E-state index contributed by atoms with van der Waals surface area (Å²) in [6.07, 6.45) is 3.81. The van der Waals surface area contributed by atoms with Crippen molar-refractivity contribution in [3.8, 4) is 10.6 Å². The Morgan fingerprint density at radius 1 is 1.23 bits per heavy atom. The molecule has 1 saturated carbocycles. The number of nitrogens with one attached hydrogen (secondary N) is 1. The number of aromatic nitrogens is 3. The molecule has 1 aliphatic carbocycles. The van der Waals surface area contributed by atoms with Crippen LogP contribution >= 0.6 is 11.3 Å². The van der Waals surface area contributed by atoms with E-state index in [1.54, 1.807) is 11.3 Å². The molecule has 26 heavy (non-hydrogen) atoms. The number of carbonyl (C=O) groups is 1. The third-order valence-electron chi connectivity index (χ3n) is 5.11. The summed E-state index contributed by atoms with van der Waals surface area (Å²) >= 11 is 1.66. The number of nitrogens with zero attached hydrogens (tertiary/aromatic N) is 3. The van der Waals surface area contributed by atoms with Crippen LogP contribution < -0.4 is 5.32 Å². The SMILES string of the molecule is Cc1nc(C)c(-c2nc3ccccc3s2)c(NC2CCC(C)(C=O)C2)n1. The number of aryl methyl sites for hydroxylation is 2. The number of para-hydroxylation sites is 1. The summed E-state index contributed by atoms with van der Waals surface area (Å²) in [6.45, 7) is 5.95. The summed E-state index contributed by atoms with van der Waals surface area (Å²) in [7, 11) is 0. The fourth-order valence-electron chi connectivity index (χ4n) is 3.75. The van der Waals surface area contributed by atoms with Crippen molar-refractivity contribution >= 4 is 33.7 Å². The molecule has 0 aliphatic heterocycles. The Morgan fingerprint density at radius 2 is 2.04 bits per heavy atom. The van der Waals surface area contributed by atoms with Crippen molar-refractivity contribution in [2.24, 2.45) is 5.41 Å². The van der Waals surface area contributed by atoms with E-state index < -0.39 is 0 Å². The molecule has 2 unspecified atom stereocenters. The molecule has 3 aromatic rings. The van der Waals surface area contributed by atoms with Crippen LogP contribution in [0.2, 0.25) is 0 Å². The number of fused-ring (bicyclic) bond motifs is 1. The van der Waals surface area contributed by atoms with Gasteiger partial charge in [-0.1, -0.05) is 19.1 Å². The van der Waals surface area contributed by atoms with Crippen molar-refractivity contribution in [3.63, 3.8) is 0 Å². The first kappa shape index (κ1) is 17.1. The summed E-state index contributed by atoms with van der Waals surface area (Å²) in [5.74, 6) is 1.57. The van der Waals surface area contributed by atoms with Gasteiger partial charge in [0.1, 0.15) is 22.9 Å². The van der Waals surface area contributed by atoms with Gasteiger partial charge in [0.15, 0.2) is 0 Å². The standard InChI is InChI=1S/C20H22N4OS/c1-12-17(19-24-15-6-4-5-7-16(15)26-19)18(22-13(2)21-12)23-14-8-9-20(3,10-14)11-25/h4-7,11,14H,8-10H2,1-3H3,(H,21,22,23). The maximum atomic E-state index is 11.4. The molecule has 4 rings (SSSR count). The highest BCUT2D eigenvalue weighted by Gasteiger charge is 2.35. The van der Waals surface area contributed by atoms with E-state index in [-0.39, 0.29) is 11.5 Å². The summed E-state index contributed by atoms with van der Waals surface area (Å²) in [6, 6.07) is 8.38. The fourth-order valence-corrected chi connectivity index (χ4v) is 4.81. The predicted octanol–water partition coefficient (Wildman–Crippen LogP) is 4.54. The van der Waals surface area contributed by atoms with Crippen molar-refractivity contribution < 1.29 is 4.79 Å². The topological polar surface area (TPSA) is 67.8 Å². The van der Waals surface area contributed by atoms with Crippen molar-refractivity contribution in [1.82, 2.24) is 15.0 Å². The highest BCUT2D eigenvalue weighted by Crippen LogP contribution is 2.40. The first-order valence-corrected chi connectivity index (χ1v) is 9.73. The molecule has 0 amide bonds. The van der Waals surface area contributed by atoms with Crippen LogP contribution in [0.3, 0.4) is 0 Å². The number of carbonyl (C=O) groups excluding carboxylic acids is 1. The smallest absolute Gasteiger partial charge is 0.140 e. The Labute approximate surface area is 156 Å². The molecule has 0 radical (unpaired) electrons. The zero-order valence-corrected chi connectivity index (χ0v) is 16.1. The van der Waals surface area contributed by atoms with Gasteiger partial charge in [-0.2, -0.15) is 0 Å². The zero-order valence-electron chi connectivity index (χ0n) is 15.2. The second-order valence-corrected chi connectivity index (χ2v) is 8.45. The number of benzene rings is 1. The maximum absolute atomic E-state index is 11.4. The Morgan fingerprint density at radius 3 is 2.77 bits per heavy atom. The van der Waals surface area contributed by atoms with Crippen LogP contribution in [0.4, 0.5) is 5.82 Å². The monoisotopic (exact) mass is 366 g/mol. The number of thiazole rings is 1. The number of hydrogen-bond donors (Lipinski definition) is 1. The minimum atomic E-state index is -0.231. The fraction of sp³-hybridized carbons (Fsp3) is 0.400. The van der Waals surface area contributed by atoms with E-state index in [1.165, 1.54) is 0 Å². The van der Waals surface area contributed by atoms with Crippen LogP contribution in [0.15, 0.2) is 24.3 Å². The average molecular weight is 366 g/mol. The highest BCUT2D eigenvalue weighted by molar-refractivity contribution is 7.21. The van der Waals surface area contributed by atoms with Crippen LogP contribution in [0, 0.1) is 19.3 Å². The molecule has 0 bridgehead atoms. The van der Waals surface area contributed by atoms with Gasteiger partial charge in [0.25, 0.3) is 0 Å². The van der Waals surface area contributed by atoms with Crippen molar-refractivity contribution in [2.75, 3.05) is 5.32 Å². The molecule has 5 nitrogen and oxygen atoms in total. The lowest BCUT2D eigenvalue weighted by Crippen LogP contribution is -2.21. The second kappa shape index (κ2) is 6.43. The van der Waals surface area contributed by atoms with E-state index >= 15 is 0 Å². The Kier molecular flexibility index (Phi) is 4.23. The van der Waals surface area contributed by atoms with Gasteiger partial charge < -0.3 is 10.1 Å². The van der Waals surface area contributed by atoms with Gasteiger partial charge in [-0.3, -0.25) is 0 Å². The van der Waals surface area contributed by atoms with E-state index in [0.29, 0.717) is 0 Å². The van der Waals surface area contributed by atoms with Gasteiger partial charge >= 0.3 is 0 Å². The number of hydrogen-bond acceptors (Lipinski definition) is 6. The Bertz CT molecular complexity index is 950. The summed E-state index contributed by atoms with van der Waals surface area (Å²) in [4.78, 5) is 25.4. The molecule has 134 valence electrons. The molecule has 1 N–H and O–H groups in total. The van der Waals surface area contributed by atoms with Gasteiger partial charge in [-0.05, 0) is 45.2 Å². The number of rotatable bonds is 4. The summed E-state index contributed by atoms with van der Waals surface area (Å²) < 4.78 is 1.16. The normalized spacial score (nSPS) is 22.7. The molecule has 0 spiro atoms. The van der Waals surface area contributed by atoms with E-state index in [0.717, 1.165) is 63.7 Å². The van der Waals surface area contributed by atoms with E-state index in [9.17, 15) is 4.79 Å². The van der Waals surface area contributed by atoms with Gasteiger partial charge in [-0.25, -0.2) is 15.0 Å². The third kappa shape index (κ3) is 3.09. The number of aldehydes is 1. The molecule has 2 heterocycles. The predicted molar refractivity (Wildman–Crippen MR) is 106 cm³/mol. The maximum Gasteiger partial charge on any atom is 0.140 e. The molecule has 0 saturated heterocycles. The Balaban J connectivity index is 1.74. The average Bonchev–Trinajstić information content (AvgIpc) is 3.18. The number of anilines is 1. The van der Waals surface area contributed by atoms with Gasteiger partial charge in [0.2, 0.25) is 0 Å². The molecule has 1 aliphatic rings. The van der Waals surface area contributed by atoms with E-state index in [2.05, 4.69) is 21.4 Å². The molecule has 2 aromatic heterocycles. The molecule has 1 aromatic carbocycles. The van der Waals surface area contributed by atoms with Crippen LogP contribution in [-0.4, -0.2) is 27.3 Å². The Hall–Kier alpha value is -2.34. The molecular formula is C20H22N4OS. The lowest BCUT2D eigenvalue weighted by molar-refractivity contribution is -0.115. The summed E-state index contributed by atoms with van der Waals surface area (Å²) in [5.41, 5.74) is 2.66. The minimum absolute atomic E-state index is 0.231. The van der Waals surface area contributed by atoms with Crippen molar-refractivity contribution in [2.45, 2.75) is 46.1 Å². The van der Waals surface area contributed by atoms with Crippen molar-refractivity contribution in [3.05, 3.63) is 35.8 Å². The molecule has 6 heteroatoms. The lowest BCUT2D eigenvalue weighted by atomic mass is 9.91. The van der Waals surface area contributed by atoms with Crippen LogP contribution in [-0.2, 0) is 4.79 Å². The highest BCUT2D eigenvalue weighted by atomic mass is 32.1.